The molecule has 2 atom stereocenters. The van der Waals surface area contributed by atoms with Crippen molar-refractivity contribution >= 4 is 10.9 Å². The van der Waals surface area contributed by atoms with Crippen LogP contribution in [0.1, 0.15) is 24.1 Å². The third kappa shape index (κ3) is 2.05. The Hall–Kier alpha value is -1.32. The minimum Gasteiger partial charge on any atom is -0.358 e. The van der Waals surface area contributed by atoms with Crippen LogP contribution in [0.25, 0.3) is 10.9 Å². The number of piperidine rings is 1. The summed E-state index contributed by atoms with van der Waals surface area (Å²) in [6, 6.07) is 9.40. The molecule has 2 aliphatic rings. The van der Waals surface area contributed by atoms with Gasteiger partial charge >= 0.3 is 0 Å². The van der Waals surface area contributed by atoms with Crippen molar-refractivity contribution in [2.45, 2.75) is 32.4 Å². The highest BCUT2D eigenvalue weighted by Crippen LogP contribution is 2.29. The Kier molecular flexibility index (Phi) is 3.04. The summed E-state index contributed by atoms with van der Waals surface area (Å²) < 4.78 is 0. The number of benzene rings is 1. The molecular weight excluding hydrogens is 246 g/mol. The van der Waals surface area contributed by atoms with Gasteiger partial charge in [-0.25, -0.2) is 0 Å². The average Bonchev–Trinajstić information content (AvgIpc) is 3.00. The lowest BCUT2D eigenvalue weighted by Crippen LogP contribution is -2.40. The predicted octanol–water partition coefficient (Wildman–Crippen LogP) is 2.66. The molecule has 20 heavy (non-hydrogen) atoms. The molecule has 3 heteroatoms. The summed E-state index contributed by atoms with van der Waals surface area (Å²) in [5.74, 6) is 0.870. The van der Waals surface area contributed by atoms with Crippen LogP contribution in [0.2, 0.25) is 0 Å². The topological polar surface area (TPSA) is 31.1 Å². The summed E-state index contributed by atoms with van der Waals surface area (Å²) in [5.41, 5.74) is 4.09. The molecule has 2 aromatic rings. The molecule has 2 fully saturated rings. The van der Waals surface area contributed by atoms with E-state index >= 15 is 0 Å². The number of likely N-dealkylation sites (tertiary alicyclic amines) is 1. The summed E-state index contributed by atoms with van der Waals surface area (Å²) in [4.78, 5) is 6.16. The quantitative estimate of drug-likeness (QED) is 0.878. The fourth-order valence-corrected chi connectivity index (χ4v) is 4.03. The first-order valence-corrected chi connectivity index (χ1v) is 7.83. The fraction of sp³-hybridized carbons (Fsp3) is 0.529. The van der Waals surface area contributed by atoms with E-state index in [1.54, 1.807) is 0 Å². The van der Waals surface area contributed by atoms with E-state index in [9.17, 15) is 0 Å². The molecule has 0 radical (unpaired) electrons. The van der Waals surface area contributed by atoms with Crippen molar-refractivity contribution < 1.29 is 0 Å². The Balaban J connectivity index is 1.57. The number of para-hydroxylation sites is 1. The second-order valence-corrected chi connectivity index (χ2v) is 6.43. The second-order valence-electron chi connectivity index (χ2n) is 6.43. The SMILES string of the molecule is Cc1[nH]c2ccccc2c1CN1C[C@@H]2CCCN[C@@H]2C1. The van der Waals surface area contributed by atoms with Gasteiger partial charge in [-0.3, -0.25) is 4.90 Å². The summed E-state index contributed by atoms with van der Waals surface area (Å²) >= 11 is 0. The zero-order valence-electron chi connectivity index (χ0n) is 12.2. The summed E-state index contributed by atoms with van der Waals surface area (Å²) in [7, 11) is 0. The zero-order chi connectivity index (χ0) is 13.5. The van der Waals surface area contributed by atoms with Gasteiger partial charge in [0.1, 0.15) is 0 Å². The highest BCUT2D eigenvalue weighted by molar-refractivity contribution is 5.84. The Bertz CT molecular complexity index is 602. The van der Waals surface area contributed by atoms with Gasteiger partial charge in [0, 0.05) is 42.3 Å². The van der Waals surface area contributed by atoms with Gasteiger partial charge in [0.25, 0.3) is 0 Å². The van der Waals surface area contributed by atoms with E-state index in [1.165, 1.54) is 54.6 Å². The molecule has 0 aliphatic carbocycles. The number of fused-ring (bicyclic) bond motifs is 2. The zero-order valence-corrected chi connectivity index (χ0v) is 12.2. The number of hydrogen-bond acceptors (Lipinski definition) is 2. The Labute approximate surface area is 120 Å². The number of aryl methyl sites for hydroxylation is 1. The number of aromatic nitrogens is 1. The van der Waals surface area contributed by atoms with Crippen LogP contribution in [0.5, 0.6) is 0 Å². The molecule has 0 saturated carbocycles. The third-order valence-corrected chi connectivity index (χ3v) is 5.08. The van der Waals surface area contributed by atoms with Crippen molar-refractivity contribution in [3.63, 3.8) is 0 Å². The Morgan fingerprint density at radius 2 is 2.15 bits per heavy atom. The van der Waals surface area contributed by atoms with Crippen LogP contribution in [-0.2, 0) is 6.54 Å². The molecule has 0 unspecified atom stereocenters. The van der Waals surface area contributed by atoms with Crippen LogP contribution in [0, 0.1) is 12.8 Å². The first kappa shape index (κ1) is 12.4. The Morgan fingerprint density at radius 3 is 3.05 bits per heavy atom. The molecule has 0 bridgehead atoms. The van der Waals surface area contributed by atoms with Gasteiger partial charge in [0.15, 0.2) is 0 Å². The van der Waals surface area contributed by atoms with Gasteiger partial charge < -0.3 is 10.3 Å². The van der Waals surface area contributed by atoms with Crippen LogP contribution in [0.15, 0.2) is 24.3 Å². The van der Waals surface area contributed by atoms with E-state index in [1.807, 2.05) is 0 Å². The molecule has 3 heterocycles. The number of aromatic amines is 1. The highest BCUT2D eigenvalue weighted by Gasteiger charge is 2.34. The Morgan fingerprint density at radius 1 is 1.25 bits per heavy atom. The van der Waals surface area contributed by atoms with Crippen molar-refractivity contribution in [3.8, 4) is 0 Å². The van der Waals surface area contributed by atoms with Gasteiger partial charge in [-0.2, -0.15) is 0 Å². The van der Waals surface area contributed by atoms with E-state index in [4.69, 9.17) is 0 Å². The van der Waals surface area contributed by atoms with Crippen LogP contribution < -0.4 is 5.32 Å². The maximum Gasteiger partial charge on any atom is 0.0459 e. The van der Waals surface area contributed by atoms with Crippen LogP contribution in [0.4, 0.5) is 0 Å². The molecule has 0 spiro atoms. The lowest BCUT2D eigenvalue weighted by molar-refractivity contribution is 0.313. The summed E-state index contributed by atoms with van der Waals surface area (Å²) in [6.45, 7) is 6.97. The van der Waals surface area contributed by atoms with Crippen molar-refractivity contribution in [2.75, 3.05) is 19.6 Å². The number of hydrogen-bond donors (Lipinski definition) is 2. The van der Waals surface area contributed by atoms with E-state index in [0.717, 1.165) is 18.5 Å². The number of nitrogens with zero attached hydrogens (tertiary/aromatic N) is 1. The standard InChI is InChI=1S/C17H23N3/c1-12-15(14-6-2-3-7-16(14)19-12)10-20-9-13-5-4-8-18-17(13)11-20/h2-3,6-7,13,17-19H,4-5,8-11H2,1H3/t13-,17+/m0/s1. The molecule has 1 aromatic carbocycles. The summed E-state index contributed by atoms with van der Waals surface area (Å²) in [5, 5.41) is 5.09. The van der Waals surface area contributed by atoms with Crippen LogP contribution >= 0.6 is 0 Å². The molecule has 2 saturated heterocycles. The van der Waals surface area contributed by atoms with Gasteiger partial charge in [-0.05, 0) is 43.9 Å². The first-order valence-electron chi connectivity index (χ1n) is 7.83. The molecule has 3 nitrogen and oxygen atoms in total. The molecule has 0 amide bonds. The van der Waals surface area contributed by atoms with E-state index in [2.05, 4.69) is 46.4 Å². The lowest BCUT2D eigenvalue weighted by atomic mass is 9.94. The van der Waals surface area contributed by atoms with E-state index in [-0.39, 0.29) is 0 Å². The smallest absolute Gasteiger partial charge is 0.0459 e. The van der Waals surface area contributed by atoms with Crippen molar-refractivity contribution in [1.29, 1.82) is 0 Å². The number of H-pyrrole nitrogens is 1. The molecule has 2 N–H and O–H groups in total. The van der Waals surface area contributed by atoms with Gasteiger partial charge in [0.2, 0.25) is 0 Å². The van der Waals surface area contributed by atoms with Gasteiger partial charge in [-0.1, -0.05) is 18.2 Å². The number of rotatable bonds is 2. The number of nitrogens with one attached hydrogen (secondary N) is 2. The average molecular weight is 269 g/mol. The van der Waals surface area contributed by atoms with Crippen molar-refractivity contribution in [2.24, 2.45) is 5.92 Å². The lowest BCUT2D eigenvalue weighted by Gasteiger charge is -2.24. The summed E-state index contributed by atoms with van der Waals surface area (Å²) in [6.07, 6.45) is 2.75. The van der Waals surface area contributed by atoms with Gasteiger partial charge in [-0.15, -0.1) is 0 Å². The minimum absolute atomic E-state index is 0.731. The highest BCUT2D eigenvalue weighted by atomic mass is 15.2. The second kappa shape index (κ2) is 4.90. The van der Waals surface area contributed by atoms with Gasteiger partial charge in [0.05, 0.1) is 0 Å². The van der Waals surface area contributed by atoms with E-state index < -0.39 is 0 Å². The molecule has 2 aliphatic heterocycles. The van der Waals surface area contributed by atoms with Crippen molar-refractivity contribution in [3.05, 3.63) is 35.5 Å². The normalized spacial score (nSPS) is 27.1. The largest absolute Gasteiger partial charge is 0.358 e. The minimum atomic E-state index is 0.731. The maximum atomic E-state index is 3.69. The molecular formula is C17H23N3. The molecule has 4 rings (SSSR count). The first-order chi connectivity index (χ1) is 9.81. The van der Waals surface area contributed by atoms with E-state index in [0.29, 0.717) is 0 Å². The maximum absolute atomic E-state index is 3.69. The van der Waals surface area contributed by atoms with Crippen molar-refractivity contribution in [1.82, 2.24) is 15.2 Å². The molecule has 1 aromatic heterocycles. The van der Waals surface area contributed by atoms with Crippen LogP contribution in [0.3, 0.4) is 0 Å². The predicted molar refractivity (Wildman–Crippen MR) is 82.8 cm³/mol. The molecule has 106 valence electrons. The fourth-order valence-electron chi connectivity index (χ4n) is 4.03. The third-order valence-electron chi connectivity index (χ3n) is 5.08. The van der Waals surface area contributed by atoms with Crippen LogP contribution in [-0.4, -0.2) is 35.6 Å². The monoisotopic (exact) mass is 269 g/mol.